The highest BCUT2D eigenvalue weighted by Crippen LogP contribution is 2.27. The molecule has 1 N–H and O–H groups in total. The van der Waals surface area contributed by atoms with Gasteiger partial charge in [0.2, 0.25) is 15.9 Å². The number of nitrogens with zero attached hydrogens (tertiary/aromatic N) is 1. The SMILES string of the molecule is Cc1ccc(S(=O)(=O)N2CCCCC2CC(=O)NCc2ccc(Cl)cc2)cc1. The van der Waals surface area contributed by atoms with Crippen LogP contribution in [0.3, 0.4) is 0 Å². The van der Waals surface area contributed by atoms with Gasteiger partial charge in [-0.1, -0.05) is 47.9 Å². The van der Waals surface area contributed by atoms with Crippen LogP contribution in [0.25, 0.3) is 0 Å². The van der Waals surface area contributed by atoms with Gasteiger partial charge in [0.1, 0.15) is 0 Å². The van der Waals surface area contributed by atoms with E-state index in [1.807, 2.05) is 19.1 Å². The highest BCUT2D eigenvalue weighted by atomic mass is 35.5. The van der Waals surface area contributed by atoms with Gasteiger partial charge in [-0.3, -0.25) is 4.79 Å². The molecule has 0 radical (unpaired) electrons. The van der Waals surface area contributed by atoms with E-state index < -0.39 is 10.0 Å². The fourth-order valence-corrected chi connectivity index (χ4v) is 5.25. The second-order valence-corrected chi connectivity index (χ2v) is 9.51. The number of benzene rings is 2. The second-order valence-electron chi connectivity index (χ2n) is 7.19. The molecule has 150 valence electrons. The van der Waals surface area contributed by atoms with Crippen LogP contribution in [0.1, 0.15) is 36.8 Å². The average Bonchev–Trinajstić information content (AvgIpc) is 2.68. The molecule has 1 aliphatic rings. The molecule has 28 heavy (non-hydrogen) atoms. The molecule has 1 heterocycles. The van der Waals surface area contributed by atoms with Crippen molar-refractivity contribution in [3.8, 4) is 0 Å². The highest BCUT2D eigenvalue weighted by Gasteiger charge is 2.34. The van der Waals surface area contributed by atoms with Crippen LogP contribution >= 0.6 is 11.6 Å². The highest BCUT2D eigenvalue weighted by molar-refractivity contribution is 7.89. The van der Waals surface area contributed by atoms with Crippen LogP contribution in [0.2, 0.25) is 5.02 Å². The van der Waals surface area contributed by atoms with Gasteiger partial charge >= 0.3 is 0 Å². The maximum Gasteiger partial charge on any atom is 0.243 e. The zero-order valence-electron chi connectivity index (χ0n) is 15.9. The molecule has 1 atom stereocenters. The van der Waals surface area contributed by atoms with Crippen molar-refractivity contribution in [1.82, 2.24) is 9.62 Å². The van der Waals surface area contributed by atoms with Gasteiger partial charge in [-0.2, -0.15) is 4.31 Å². The minimum atomic E-state index is -3.61. The van der Waals surface area contributed by atoms with Crippen molar-refractivity contribution in [2.75, 3.05) is 6.54 Å². The number of carbonyl (C=O) groups is 1. The van der Waals surface area contributed by atoms with E-state index in [-0.39, 0.29) is 23.3 Å². The lowest BCUT2D eigenvalue weighted by molar-refractivity contribution is -0.122. The number of rotatable bonds is 6. The van der Waals surface area contributed by atoms with Crippen molar-refractivity contribution < 1.29 is 13.2 Å². The number of hydrogen-bond donors (Lipinski definition) is 1. The van der Waals surface area contributed by atoms with Crippen LogP contribution in [-0.2, 0) is 21.4 Å². The van der Waals surface area contributed by atoms with E-state index in [9.17, 15) is 13.2 Å². The number of nitrogens with one attached hydrogen (secondary N) is 1. The molecule has 3 rings (SSSR count). The fraction of sp³-hybridized carbons (Fsp3) is 0.381. The van der Waals surface area contributed by atoms with Crippen molar-refractivity contribution in [3.05, 3.63) is 64.7 Å². The Labute approximate surface area is 171 Å². The summed E-state index contributed by atoms with van der Waals surface area (Å²) >= 11 is 5.87. The van der Waals surface area contributed by atoms with E-state index in [2.05, 4.69) is 5.32 Å². The van der Waals surface area contributed by atoms with Gasteiger partial charge in [0.25, 0.3) is 0 Å². The first-order chi connectivity index (χ1) is 13.4. The van der Waals surface area contributed by atoms with E-state index in [0.717, 1.165) is 24.0 Å². The molecule has 2 aromatic rings. The Bertz CT molecular complexity index is 912. The minimum Gasteiger partial charge on any atom is -0.352 e. The number of amides is 1. The molecule has 0 aliphatic carbocycles. The standard InChI is InChI=1S/C21H25ClN2O3S/c1-16-5-11-20(12-6-16)28(26,27)24-13-3-2-4-19(24)14-21(25)23-15-17-7-9-18(22)10-8-17/h5-12,19H,2-4,13-15H2,1H3,(H,23,25). The lowest BCUT2D eigenvalue weighted by Gasteiger charge is -2.34. The van der Waals surface area contributed by atoms with E-state index >= 15 is 0 Å². The zero-order valence-corrected chi connectivity index (χ0v) is 17.5. The zero-order chi connectivity index (χ0) is 20.1. The summed E-state index contributed by atoms with van der Waals surface area (Å²) in [5, 5.41) is 3.53. The molecular weight excluding hydrogens is 396 g/mol. The monoisotopic (exact) mass is 420 g/mol. The third kappa shape index (κ3) is 5.13. The van der Waals surface area contributed by atoms with Gasteiger partial charge in [0, 0.05) is 30.6 Å². The van der Waals surface area contributed by atoms with Crippen LogP contribution in [0, 0.1) is 6.92 Å². The summed E-state index contributed by atoms with van der Waals surface area (Å²) in [5.41, 5.74) is 1.96. The summed E-state index contributed by atoms with van der Waals surface area (Å²) in [6, 6.07) is 13.8. The van der Waals surface area contributed by atoms with E-state index in [0.29, 0.717) is 24.5 Å². The van der Waals surface area contributed by atoms with Crippen molar-refractivity contribution in [1.29, 1.82) is 0 Å². The predicted molar refractivity (Wildman–Crippen MR) is 111 cm³/mol. The lowest BCUT2D eigenvalue weighted by Crippen LogP contribution is -2.45. The lowest BCUT2D eigenvalue weighted by atomic mass is 10.0. The van der Waals surface area contributed by atoms with Gasteiger partial charge in [-0.25, -0.2) is 8.42 Å². The molecule has 1 aliphatic heterocycles. The Kier molecular flexibility index (Phi) is 6.75. The summed E-state index contributed by atoms with van der Waals surface area (Å²) in [5.74, 6) is -0.147. The van der Waals surface area contributed by atoms with Crippen LogP contribution in [-0.4, -0.2) is 31.2 Å². The summed E-state index contributed by atoms with van der Waals surface area (Å²) in [7, 11) is -3.61. The number of carbonyl (C=O) groups excluding carboxylic acids is 1. The largest absolute Gasteiger partial charge is 0.352 e. The van der Waals surface area contributed by atoms with Crippen molar-refractivity contribution in [3.63, 3.8) is 0 Å². The maximum absolute atomic E-state index is 13.1. The van der Waals surface area contributed by atoms with Crippen molar-refractivity contribution in [2.45, 2.75) is 50.1 Å². The topological polar surface area (TPSA) is 66.5 Å². The van der Waals surface area contributed by atoms with Crippen LogP contribution < -0.4 is 5.32 Å². The first-order valence-electron chi connectivity index (χ1n) is 9.46. The van der Waals surface area contributed by atoms with Crippen molar-refractivity contribution >= 4 is 27.5 Å². The summed E-state index contributed by atoms with van der Waals surface area (Å²) in [4.78, 5) is 12.7. The Morgan fingerprint density at radius 2 is 1.79 bits per heavy atom. The van der Waals surface area contributed by atoms with Crippen LogP contribution in [0.15, 0.2) is 53.4 Å². The molecule has 1 unspecified atom stereocenters. The third-order valence-electron chi connectivity index (χ3n) is 5.02. The Balaban J connectivity index is 1.66. The number of piperidine rings is 1. The van der Waals surface area contributed by atoms with E-state index in [1.165, 1.54) is 4.31 Å². The molecule has 0 aromatic heterocycles. The predicted octanol–water partition coefficient (Wildman–Crippen LogP) is 3.90. The van der Waals surface area contributed by atoms with Gasteiger partial charge < -0.3 is 5.32 Å². The smallest absolute Gasteiger partial charge is 0.243 e. The molecule has 7 heteroatoms. The molecule has 1 fully saturated rings. The number of hydrogen-bond acceptors (Lipinski definition) is 3. The van der Waals surface area contributed by atoms with Gasteiger partial charge in [-0.05, 0) is 49.6 Å². The second kappa shape index (κ2) is 9.07. The van der Waals surface area contributed by atoms with Gasteiger partial charge in [0.05, 0.1) is 4.90 Å². The van der Waals surface area contributed by atoms with Crippen LogP contribution in [0.4, 0.5) is 0 Å². The quantitative estimate of drug-likeness (QED) is 0.770. The Hall–Kier alpha value is -1.89. The third-order valence-corrected chi connectivity index (χ3v) is 7.24. The molecule has 0 spiro atoms. The van der Waals surface area contributed by atoms with Crippen LogP contribution in [0.5, 0.6) is 0 Å². The normalized spacial score (nSPS) is 18.0. The molecule has 0 saturated carbocycles. The van der Waals surface area contributed by atoms with Gasteiger partial charge in [0.15, 0.2) is 0 Å². The summed E-state index contributed by atoms with van der Waals surface area (Å²) in [6.45, 7) is 2.77. The number of halogens is 1. The molecule has 1 amide bonds. The molecule has 1 saturated heterocycles. The first kappa shape index (κ1) is 20.8. The summed E-state index contributed by atoms with van der Waals surface area (Å²) < 4.78 is 27.7. The number of aryl methyl sites for hydroxylation is 1. The minimum absolute atomic E-state index is 0.147. The molecule has 0 bridgehead atoms. The Morgan fingerprint density at radius 1 is 1.11 bits per heavy atom. The maximum atomic E-state index is 13.1. The fourth-order valence-electron chi connectivity index (χ4n) is 3.43. The van der Waals surface area contributed by atoms with E-state index in [1.54, 1.807) is 36.4 Å². The molecule has 2 aromatic carbocycles. The molecule has 5 nitrogen and oxygen atoms in total. The van der Waals surface area contributed by atoms with Gasteiger partial charge in [-0.15, -0.1) is 0 Å². The molecular formula is C21H25ClN2O3S. The number of sulfonamides is 1. The first-order valence-corrected chi connectivity index (χ1v) is 11.3. The Morgan fingerprint density at radius 3 is 2.46 bits per heavy atom. The summed E-state index contributed by atoms with van der Waals surface area (Å²) in [6.07, 6.45) is 2.60. The average molecular weight is 421 g/mol. The van der Waals surface area contributed by atoms with E-state index in [4.69, 9.17) is 11.6 Å². The van der Waals surface area contributed by atoms with Crippen molar-refractivity contribution in [2.24, 2.45) is 0 Å².